The third-order valence-electron chi connectivity index (χ3n) is 4.26. The van der Waals surface area contributed by atoms with Gasteiger partial charge in [0.05, 0.1) is 18.2 Å². The van der Waals surface area contributed by atoms with Crippen molar-refractivity contribution in [1.29, 1.82) is 5.26 Å². The first-order chi connectivity index (χ1) is 11.4. The quantitative estimate of drug-likeness (QED) is 0.487. The Morgan fingerprint density at radius 1 is 0.826 bits per heavy atom. The molecule has 23 heavy (non-hydrogen) atoms. The number of benzene rings is 2. The van der Waals surface area contributed by atoms with Gasteiger partial charge in [0.25, 0.3) is 0 Å². The molecule has 0 bridgehead atoms. The molecule has 0 heterocycles. The Balaban J connectivity index is 1.77. The van der Waals surface area contributed by atoms with Crippen molar-refractivity contribution in [1.82, 2.24) is 0 Å². The lowest BCUT2D eigenvalue weighted by molar-refractivity contribution is 0.307. The van der Waals surface area contributed by atoms with Gasteiger partial charge in [-0.25, -0.2) is 0 Å². The molecule has 0 saturated heterocycles. The van der Waals surface area contributed by atoms with Crippen molar-refractivity contribution in [2.75, 3.05) is 6.61 Å². The highest BCUT2D eigenvalue weighted by Gasteiger charge is 2.06. The minimum Gasteiger partial charge on any atom is -0.493 e. The van der Waals surface area contributed by atoms with Crippen molar-refractivity contribution in [3.05, 3.63) is 42.0 Å². The fourth-order valence-electron chi connectivity index (χ4n) is 2.91. The number of ether oxygens (including phenoxy) is 1. The molecule has 0 spiro atoms. The van der Waals surface area contributed by atoms with E-state index in [4.69, 9.17) is 4.74 Å². The van der Waals surface area contributed by atoms with Gasteiger partial charge in [-0.3, -0.25) is 0 Å². The van der Waals surface area contributed by atoms with Crippen LogP contribution < -0.4 is 4.74 Å². The van der Waals surface area contributed by atoms with E-state index in [1.807, 2.05) is 36.4 Å². The van der Waals surface area contributed by atoms with E-state index in [0.717, 1.165) is 29.5 Å². The van der Waals surface area contributed by atoms with Crippen LogP contribution in [0.15, 0.2) is 36.4 Å². The average molecular weight is 309 g/mol. The van der Waals surface area contributed by atoms with Crippen molar-refractivity contribution < 1.29 is 4.74 Å². The van der Waals surface area contributed by atoms with Gasteiger partial charge in [-0.2, -0.15) is 5.26 Å². The number of hydrogen-bond donors (Lipinski definition) is 0. The molecule has 2 aromatic carbocycles. The van der Waals surface area contributed by atoms with E-state index < -0.39 is 0 Å². The lowest BCUT2D eigenvalue weighted by atomic mass is 10.0. The highest BCUT2D eigenvalue weighted by Crippen LogP contribution is 2.28. The molecule has 122 valence electrons. The zero-order valence-corrected chi connectivity index (χ0v) is 14.2. The molecule has 0 N–H and O–H groups in total. The molecule has 0 atom stereocenters. The topological polar surface area (TPSA) is 33.0 Å². The largest absolute Gasteiger partial charge is 0.493 e. The van der Waals surface area contributed by atoms with Gasteiger partial charge in [0.2, 0.25) is 0 Å². The number of nitriles is 1. The summed E-state index contributed by atoms with van der Waals surface area (Å²) in [5, 5.41) is 11.2. The van der Waals surface area contributed by atoms with Crippen molar-refractivity contribution >= 4 is 10.8 Å². The number of hydrogen-bond acceptors (Lipinski definition) is 2. The first-order valence-electron chi connectivity index (χ1n) is 8.91. The van der Waals surface area contributed by atoms with Crippen LogP contribution in [0.2, 0.25) is 0 Å². The van der Waals surface area contributed by atoms with Gasteiger partial charge in [-0.15, -0.1) is 0 Å². The summed E-state index contributed by atoms with van der Waals surface area (Å²) in [6, 6.07) is 14.0. The molecule has 2 aromatic rings. The number of fused-ring (bicyclic) bond motifs is 1. The van der Waals surface area contributed by atoms with Gasteiger partial charge < -0.3 is 4.74 Å². The third kappa shape index (κ3) is 5.28. The molecule has 2 heteroatoms. The van der Waals surface area contributed by atoms with Crippen molar-refractivity contribution in [2.45, 2.75) is 58.3 Å². The van der Waals surface area contributed by atoms with Crippen molar-refractivity contribution in [2.24, 2.45) is 0 Å². The maximum Gasteiger partial charge on any atom is 0.127 e. The van der Waals surface area contributed by atoms with Gasteiger partial charge in [0.1, 0.15) is 5.75 Å². The summed E-state index contributed by atoms with van der Waals surface area (Å²) < 4.78 is 5.95. The molecular formula is C21H27NO. The van der Waals surface area contributed by atoms with E-state index in [-0.39, 0.29) is 0 Å². The van der Waals surface area contributed by atoms with E-state index in [1.54, 1.807) is 0 Å². The van der Waals surface area contributed by atoms with Crippen molar-refractivity contribution in [3.63, 3.8) is 0 Å². The molecule has 0 aliphatic rings. The second-order valence-electron chi connectivity index (χ2n) is 6.09. The second kappa shape index (κ2) is 9.90. The zero-order valence-electron chi connectivity index (χ0n) is 14.2. The first kappa shape index (κ1) is 17.3. The third-order valence-corrected chi connectivity index (χ3v) is 4.26. The molecule has 0 unspecified atom stereocenters. The Hall–Kier alpha value is -2.01. The summed E-state index contributed by atoms with van der Waals surface area (Å²) >= 11 is 0. The van der Waals surface area contributed by atoms with E-state index in [2.05, 4.69) is 13.0 Å². The van der Waals surface area contributed by atoms with E-state index in [0.29, 0.717) is 5.56 Å². The summed E-state index contributed by atoms with van der Waals surface area (Å²) in [5.74, 6) is 0.891. The Morgan fingerprint density at radius 3 is 2.17 bits per heavy atom. The minimum atomic E-state index is 0.708. The normalized spacial score (nSPS) is 10.6. The Labute approximate surface area is 140 Å². The summed E-state index contributed by atoms with van der Waals surface area (Å²) in [7, 11) is 0. The minimum absolute atomic E-state index is 0.708. The van der Waals surface area contributed by atoms with Crippen LogP contribution in [-0.4, -0.2) is 6.61 Å². The molecule has 0 radical (unpaired) electrons. The Kier molecular flexibility index (Phi) is 7.46. The van der Waals surface area contributed by atoms with Gasteiger partial charge in [-0.1, -0.05) is 76.1 Å². The summed E-state index contributed by atoms with van der Waals surface area (Å²) in [6.07, 6.45) is 10.4. The Bertz CT molecular complexity index is 642. The van der Waals surface area contributed by atoms with Crippen LogP contribution >= 0.6 is 0 Å². The number of nitrogens with zero attached hydrogens (tertiary/aromatic N) is 1. The number of rotatable bonds is 10. The van der Waals surface area contributed by atoms with Crippen LogP contribution in [0.5, 0.6) is 5.75 Å². The molecule has 2 rings (SSSR count). The predicted octanol–water partition coefficient (Wildman–Crippen LogP) is 6.23. The van der Waals surface area contributed by atoms with Gasteiger partial charge >= 0.3 is 0 Å². The fraction of sp³-hybridized carbons (Fsp3) is 0.476. The standard InChI is InChI=1S/C21H27NO/c1-2-3-4-5-6-7-8-11-16-23-21-15-14-18(17-22)19-12-9-10-13-20(19)21/h9-10,12-15H,2-8,11,16H2,1H3. The monoisotopic (exact) mass is 309 g/mol. The molecular weight excluding hydrogens is 282 g/mol. The Morgan fingerprint density at radius 2 is 1.48 bits per heavy atom. The van der Waals surface area contributed by atoms with Crippen molar-refractivity contribution in [3.8, 4) is 11.8 Å². The lowest BCUT2D eigenvalue weighted by Crippen LogP contribution is -1.98. The predicted molar refractivity (Wildman–Crippen MR) is 96.8 cm³/mol. The zero-order chi connectivity index (χ0) is 16.3. The summed E-state index contributed by atoms with van der Waals surface area (Å²) in [5.41, 5.74) is 0.708. The number of unbranched alkanes of at least 4 members (excludes halogenated alkanes) is 7. The van der Waals surface area contributed by atoms with Crippen LogP contribution in [-0.2, 0) is 0 Å². The SMILES string of the molecule is CCCCCCCCCCOc1ccc(C#N)c2ccccc12. The lowest BCUT2D eigenvalue weighted by Gasteiger charge is -2.10. The first-order valence-corrected chi connectivity index (χ1v) is 8.91. The van der Waals surface area contributed by atoms with E-state index >= 15 is 0 Å². The highest BCUT2D eigenvalue weighted by molar-refractivity contribution is 5.92. The van der Waals surface area contributed by atoms with E-state index in [1.165, 1.54) is 44.9 Å². The van der Waals surface area contributed by atoms with Gasteiger partial charge in [-0.05, 0) is 18.6 Å². The molecule has 0 saturated carbocycles. The van der Waals surface area contributed by atoms with Crippen LogP contribution in [0.3, 0.4) is 0 Å². The van der Waals surface area contributed by atoms with Crippen LogP contribution in [0.1, 0.15) is 63.9 Å². The summed E-state index contributed by atoms with van der Waals surface area (Å²) in [4.78, 5) is 0. The highest BCUT2D eigenvalue weighted by atomic mass is 16.5. The fourth-order valence-corrected chi connectivity index (χ4v) is 2.91. The van der Waals surface area contributed by atoms with Gasteiger partial charge in [0.15, 0.2) is 0 Å². The average Bonchev–Trinajstić information content (AvgIpc) is 2.60. The smallest absolute Gasteiger partial charge is 0.127 e. The van der Waals surface area contributed by atoms with Crippen LogP contribution in [0.25, 0.3) is 10.8 Å². The molecule has 0 aliphatic heterocycles. The van der Waals surface area contributed by atoms with E-state index in [9.17, 15) is 5.26 Å². The maximum atomic E-state index is 9.19. The molecule has 0 amide bonds. The summed E-state index contributed by atoms with van der Waals surface area (Å²) in [6.45, 7) is 3.01. The molecule has 2 nitrogen and oxygen atoms in total. The molecule has 0 aromatic heterocycles. The molecule has 0 aliphatic carbocycles. The second-order valence-corrected chi connectivity index (χ2v) is 6.09. The maximum absolute atomic E-state index is 9.19. The van der Waals surface area contributed by atoms with Crippen LogP contribution in [0, 0.1) is 11.3 Å². The van der Waals surface area contributed by atoms with Gasteiger partial charge in [0, 0.05) is 10.8 Å². The van der Waals surface area contributed by atoms with Crippen LogP contribution in [0.4, 0.5) is 0 Å². The molecule has 0 fully saturated rings.